The van der Waals surface area contributed by atoms with Gasteiger partial charge in [0.1, 0.15) is 6.04 Å². The van der Waals surface area contributed by atoms with Crippen molar-refractivity contribution in [3.05, 3.63) is 71.8 Å². The van der Waals surface area contributed by atoms with Gasteiger partial charge in [-0.2, -0.15) is 11.8 Å². The first-order valence-corrected chi connectivity index (χ1v) is 11.4. The van der Waals surface area contributed by atoms with E-state index in [0.29, 0.717) is 25.4 Å². The Balaban J connectivity index is 1.95. The van der Waals surface area contributed by atoms with Crippen LogP contribution in [0.1, 0.15) is 38.3 Å². The van der Waals surface area contributed by atoms with E-state index in [0.717, 1.165) is 17.1 Å². The molecule has 0 aliphatic rings. The van der Waals surface area contributed by atoms with Crippen LogP contribution in [-0.4, -0.2) is 35.1 Å². The molecule has 1 atom stereocenters. The third kappa shape index (κ3) is 8.32. The summed E-state index contributed by atoms with van der Waals surface area (Å²) in [5.74, 6) is 1.91. The summed E-state index contributed by atoms with van der Waals surface area (Å²) in [5.41, 5.74) is 2.29. The van der Waals surface area contributed by atoms with Crippen LogP contribution in [-0.2, 0) is 21.9 Å². The van der Waals surface area contributed by atoms with Gasteiger partial charge in [0.25, 0.3) is 0 Å². The zero-order valence-corrected chi connectivity index (χ0v) is 18.5. The highest BCUT2D eigenvalue weighted by Crippen LogP contribution is 2.16. The van der Waals surface area contributed by atoms with E-state index in [1.807, 2.05) is 55.5 Å². The number of thioether (sulfide) groups is 1. The third-order valence-electron chi connectivity index (χ3n) is 4.62. The largest absolute Gasteiger partial charge is 0.354 e. The minimum absolute atomic E-state index is 0.0154. The van der Waals surface area contributed by atoms with Crippen LogP contribution in [0.3, 0.4) is 0 Å². The van der Waals surface area contributed by atoms with Crippen molar-refractivity contribution in [1.29, 1.82) is 0 Å². The molecule has 2 aromatic carbocycles. The summed E-state index contributed by atoms with van der Waals surface area (Å²) in [5, 5.41) is 2.95. The number of hydrogen-bond acceptors (Lipinski definition) is 3. The third-order valence-corrected chi connectivity index (χ3v) is 5.65. The second kappa shape index (κ2) is 12.3. The molecule has 1 N–H and O–H groups in total. The van der Waals surface area contributed by atoms with Crippen molar-refractivity contribution in [2.45, 2.75) is 45.5 Å². The lowest BCUT2D eigenvalue weighted by molar-refractivity contribution is -0.140. The van der Waals surface area contributed by atoms with Gasteiger partial charge in [0.05, 0.1) is 0 Å². The van der Waals surface area contributed by atoms with Gasteiger partial charge in [-0.05, 0) is 24.0 Å². The van der Waals surface area contributed by atoms with Gasteiger partial charge in [0, 0.05) is 31.0 Å². The van der Waals surface area contributed by atoms with Crippen molar-refractivity contribution >= 4 is 23.6 Å². The SMILES string of the molecule is CC(C)CNC(=O)[C@@H](C)N(Cc1ccccc1)C(=O)CCSCc1ccccc1. The molecular weight excluding hydrogens is 380 g/mol. The molecule has 0 saturated heterocycles. The second-order valence-corrected chi connectivity index (χ2v) is 8.72. The minimum Gasteiger partial charge on any atom is -0.354 e. The van der Waals surface area contributed by atoms with Crippen molar-refractivity contribution in [3.8, 4) is 0 Å². The fraction of sp³-hybridized carbons (Fsp3) is 0.417. The fourth-order valence-corrected chi connectivity index (χ4v) is 3.77. The van der Waals surface area contributed by atoms with E-state index in [1.54, 1.807) is 16.7 Å². The number of carbonyl (C=O) groups is 2. The predicted molar refractivity (Wildman–Crippen MR) is 122 cm³/mol. The van der Waals surface area contributed by atoms with Crippen molar-refractivity contribution < 1.29 is 9.59 Å². The molecule has 0 unspecified atom stereocenters. The molecule has 0 bridgehead atoms. The molecule has 0 aliphatic carbocycles. The standard InChI is InChI=1S/C24H32N2O2S/c1-19(2)16-25-24(28)20(3)26(17-21-10-6-4-7-11-21)23(27)14-15-29-18-22-12-8-5-9-13-22/h4-13,19-20H,14-18H2,1-3H3,(H,25,28)/t20-/m1/s1. The van der Waals surface area contributed by atoms with Gasteiger partial charge >= 0.3 is 0 Å². The Hall–Kier alpha value is -2.27. The van der Waals surface area contributed by atoms with Crippen molar-refractivity contribution in [2.24, 2.45) is 5.92 Å². The maximum atomic E-state index is 13.0. The van der Waals surface area contributed by atoms with E-state index < -0.39 is 6.04 Å². The van der Waals surface area contributed by atoms with Crippen molar-refractivity contribution in [3.63, 3.8) is 0 Å². The Bertz CT molecular complexity index is 750. The average Bonchev–Trinajstić information content (AvgIpc) is 2.74. The highest BCUT2D eigenvalue weighted by molar-refractivity contribution is 7.98. The summed E-state index contributed by atoms with van der Waals surface area (Å²) in [6.07, 6.45) is 0.423. The highest BCUT2D eigenvalue weighted by atomic mass is 32.2. The summed E-state index contributed by atoms with van der Waals surface area (Å²) in [7, 11) is 0. The molecule has 4 nitrogen and oxygen atoms in total. The van der Waals surface area contributed by atoms with Crippen LogP contribution in [0.2, 0.25) is 0 Å². The van der Waals surface area contributed by atoms with Crippen molar-refractivity contribution in [1.82, 2.24) is 10.2 Å². The summed E-state index contributed by atoms with van der Waals surface area (Å²) < 4.78 is 0. The van der Waals surface area contributed by atoms with Crippen LogP contribution in [0.4, 0.5) is 0 Å². The molecule has 0 aliphatic heterocycles. The van der Waals surface area contributed by atoms with Gasteiger partial charge < -0.3 is 10.2 Å². The van der Waals surface area contributed by atoms with Crippen LogP contribution >= 0.6 is 11.8 Å². The Kier molecular flexibility index (Phi) is 9.78. The smallest absolute Gasteiger partial charge is 0.242 e. The quantitative estimate of drug-likeness (QED) is 0.553. The first kappa shape index (κ1) is 23.0. The Morgan fingerprint density at radius 2 is 1.52 bits per heavy atom. The van der Waals surface area contributed by atoms with Crippen molar-refractivity contribution in [2.75, 3.05) is 12.3 Å². The first-order chi connectivity index (χ1) is 14.0. The zero-order chi connectivity index (χ0) is 21.1. The molecule has 2 amide bonds. The summed E-state index contributed by atoms with van der Waals surface area (Å²) in [6, 6.07) is 19.6. The van der Waals surface area contributed by atoms with Gasteiger partial charge in [0.15, 0.2) is 0 Å². The lowest BCUT2D eigenvalue weighted by Gasteiger charge is -2.29. The van der Waals surface area contributed by atoms with Crippen LogP contribution in [0.25, 0.3) is 0 Å². The molecule has 2 rings (SSSR count). The Labute approximate surface area is 179 Å². The van der Waals surface area contributed by atoms with E-state index >= 15 is 0 Å². The van der Waals surface area contributed by atoms with E-state index in [1.165, 1.54) is 5.56 Å². The van der Waals surface area contributed by atoms with Crippen LogP contribution in [0.5, 0.6) is 0 Å². The first-order valence-electron chi connectivity index (χ1n) is 10.2. The van der Waals surface area contributed by atoms with Gasteiger partial charge in [-0.3, -0.25) is 9.59 Å². The number of nitrogens with zero attached hydrogens (tertiary/aromatic N) is 1. The molecule has 2 aromatic rings. The molecule has 156 valence electrons. The number of hydrogen-bond donors (Lipinski definition) is 1. The van der Waals surface area contributed by atoms with Gasteiger partial charge in [0.2, 0.25) is 11.8 Å². The molecule has 29 heavy (non-hydrogen) atoms. The van der Waals surface area contributed by atoms with E-state index in [4.69, 9.17) is 0 Å². The molecule has 0 spiro atoms. The summed E-state index contributed by atoms with van der Waals surface area (Å²) >= 11 is 1.74. The maximum absolute atomic E-state index is 13.0. The Morgan fingerprint density at radius 3 is 2.10 bits per heavy atom. The fourth-order valence-electron chi connectivity index (χ4n) is 2.88. The number of nitrogens with one attached hydrogen (secondary N) is 1. The number of rotatable bonds is 11. The van der Waals surface area contributed by atoms with E-state index in [2.05, 4.69) is 31.3 Å². The van der Waals surface area contributed by atoms with Crippen LogP contribution < -0.4 is 5.32 Å². The van der Waals surface area contributed by atoms with Crippen LogP contribution in [0.15, 0.2) is 60.7 Å². The number of benzene rings is 2. The lowest BCUT2D eigenvalue weighted by atomic mass is 10.1. The maximum Gasteiger partial charge on any atom is 0.242 e. The van der Waals surface area contributed by atoms with Gasteiger partial charge in [-0.1, -0.05) is 74.5 Å². The van der Waals surface area contributed by atoms with Gasteiger partial charge in [-0.15, -0.1) is 0 Å². The topological polar surface area (TPSA) is 49.4 Å². The van der Waals surface area contributed by atoms with E-state index in [9.17, 15) is 9.59 Å². The Morgan fingerprint density at radius 1 is 0.931 bits per heavy atom. The monoisotopic (exact) mass is 412 g/mol. The zero-order valence-electron chi connectivity index (χ0n) is 17.6. The number of carbonyl (C=O) groups excluding carboxylic acids is 2. The van der Waals surface area contributed by atoms with E-state index in [-0.39, 0.29) is 11.8 Å². The lowest BCUT2D eigenvalue weighted by Crippen LogP contribution is -2.48. The van der Waals surface area contributed by atoms with Crippen LogP contribution in [0, 0.1) is 5.92 Å². The molecule has 0 aromatic heterocycles. The summed E-state index contributed by atoms with van der Waals surface area (Å²) in [4.78, 5) is 27.3. The molecule has 0 fully saturated rings. The molecule has 0 radical (unpaired) electrons. The molecular formula is C24H32N2O2S. The minimum atomic E-state index is -0.499. The average molecular weight is 413 g/mol. The summed E-state index contributed by atoms with van der Waals surface area (Å²) in [6.45, 7) is 6.99. The van der Waals surface area contributed by atoms with Gasteiger partial charge in [-0.25, -0.2) is 0 Å². The molecule has 5 heteroatoms. The highest BCUT2D eigenvalue weighted by Gasteiger charge is 2.25. The molecule has 0 heterocycles. The number of amides is 2. The normalized spacial score (nSPS) is 11.9. The predicted octanol–water partition coefficient (Wildman–Crippen LogP) is 4.50. The molecule has 0 saturated carbocycles. The second-order valence-electron chi connectivity index (χ2n) is 7.61.